The minimum atomic E-state index is 0.0962. The fraction of sp³-hybridized carbons (Fsp3) is 0.133. The van der Waals surface area contributed by atoms with Crippen LogP contribution in [0.1, 0.15) is 22.8 Å². The normalized spacial score (nSPS) is 10.2. The van der Waals surface area contributed by atoms with E-state index < -0.39 is 0 Å². The Hall–Kier alpha value is -1.54. The summed E-state index contributed by atoms with van der Waals surface area (Å²) in [4.78, 5) is 13.0. The molecule has 0 radical (unpaired) electrons. The summed E-state index contributed by atoms with van der Waals surface area (Å²) >= 11 is 1.27. The molecule has 0 fully saturated rings. The SMILES string of the molecule is CCc1ccc(C(=O)Sc2ccccc2)cc1. The molecule has 0 bridgehead atoms. The number of hydrogen-bond acceptors (Lipinski definition) is 2. The Bertz CT molecular complexity index is 488. The van der Waals surface area contributed by atoms with Crippen molar-refractivity contribution >= 4 is 16.9 Å². The van der Waals surface area contributed by atoms with Gasteiger partial charge in [-0.3, -0.25) is 4.79 Å². The van der Waals surface area contributed by atoms with Gasteiger partial charge in [0.25, 0.3) is 0 Å². The van der Waals surface area contributed by atoms with Gasteiger partial charge in [0.15, 0.2) is 0 Å². The van der Waals surface area contributed by atoms with Crippen LogP contribution in [-0.4, -0.2) is 5.12 Å². The van der Waals surface area contributed by atoms with Crippen molar-refractivity contribution in [3.63, 3.8) is 0 Å². The monoisotopic (exact) mass is 242 g/mol. The van der Waals surface area contributed by atoms with Crippen molar-refractivity contribution in [2.75, 3.05) is 0 Å². The molecular weight excluding hydrogens is 228 g/mol. The van der Waals surface area contributed by atoms with Gasteiger partial charge in [0, 0.05) is 10.5 Å². The number of hydrogen-bond donors (Lipinski definition) is 0. The maximum absolute atomic E-state index is 12.0. The molecule has 0 N–H and O–H groups in total. The number of carbonyl (C=O) groups is 1. The predicted octanol–water partition coefficient (Wildman–Crippen LogP) is 4.18. The third kappa shape index (κ3) is 3.21. The van der Waals surface area contributed by atoms with E-state index in [2.05, 4.69) is 6.92 Å². The fourth-order valence-corrected chi connectivity index (χ4v) is 2.29. The third-order valence-electron chi connectivity index (χ3n) is 2.55. The predicted molar refractivity (Wildman–Crippen MR) is 72.4 cm³/mol. The van der Waals surface area contributed by atoms with E-state index in [0.29, 0.717) is 0 Å². The Balaban J connectivity index is 2.09. The summed E-state index contributed by atoms with van der Waals surface area (Å²) in [7, 11) is 0. The number of thioether (sulfide) groups is 1. The summed E-state index contributed by atoms with van der Waals surface area (Å²) in [5.41, 5.74) is 2.02. The quantitative estimate of drug-likeness (QED) is 0.751. The van der Waals surface area contributed by atoms with Gasteiger partial charge in [0.1, 0.15) is 0 Å². The zero-order valence-electron chi connectivity index (χ0n) is 9.72. The fourth-order valence-electron chi connectivity index (χ4n) is 1.53. The average Bonchev–Trinajstić information content (AvgIpc) is 2.40. The maximum Gasteiger partial charge on any atom is 0.224 e. The van der Waals surface area contributed by atoms with E-state index in [0.717, 1.165) is 16.9 Å². The molecule has 0 unspecified atom stereocenters. The van der Waals surface area contributed by atoms with Crippen LogP contribution in [0.5, 0.6) is 0 Å². The van der Waals surface area contributed by atoms with Crippen molar-refractivity contribution in [2.45, 2.75) is 18.2 Å². The van der Waals surface area contributed by atoms with E-state index in [1.165, 1.54) is 17.3 Å². The van der Waals surface area contributed by atoms with Gasteiger partial charge in [-0.25, -0.2) is 0 Å². The first-order valence-corrected chi connectivity index (χ1v) is 6.47. The van der Waals surface area contributed by atoms with Crippen LogP contribution in [-0.2, 0) is 6.42 Å². The van der Waals surface area contributed by atoms with Gasteiger partial charge < -0.3 is 0 Å². The Morgan fingerprint density at radius 1 is 1.00 bits per heavy atom. The first kappa shape index (κ1) is 11.9. The summed E-state index contributed by atoms with van der Waals surface area (Å²) in [6.07, 6.45) is 1.00. The maximum atomic E-state index is 12.0. The lowest BCUT2D eigenvalue weighted by atomic mass is 10.1. The van der Waals surface area contributed by atoms with Crippen molar-refractivity contribution in [2.24, 2.45) is 0 Å². The zero-order valence-corrected chi connectivity index (χ0v) is 10.5. The van der Waals surface area contributed by atoms with Crippen LogP contribution in [0, 0.1) is 0 Å². The van der Waals surface area contributed by atoms with Crippen LogP contribution in [0.2, 0.25) is 0 Å². The van der Waals surface area contributed by atoms with Gasteiger partial charge in [-0.05, 0) is 35.9 Å². The molecule has 0 aliphatic heterocycles. The van der Waals surface area contributed by atoms with E-state index in [1.54, 1.807) is 0 Å². The van der Waals surface area contributed by atoms with Gasteiger partial charge in [0.2, 0.25) is 5.12 Å². The van der Waals surface area contributed by atoms with Gasteiger partial charge in [0.05, 0.1) is 0 Å². The molecule has 0 amide bonds. The molecule has 86 valence electrons. The van der Waals surface area contributed by atoms with Gasteiger partial charge in [-0.15, -0.1) is 0 Å². The molecular formula is C15H14OS. The standard InChI is InChI=1S/C15H14OS/c1-2-12-8-10-13(11-9-12)15(16)17-14-6-4-3-5-7-14/h3-11H,2H2,1H3. The van der Waals surface area contributed by atoms with E-state index in [9.17, 15) is 4.79 Å². The van der Waals surface area contributed by atoms with Crippen molar-refractivity contribution in [1.29, 1.82) is 0 Å². The van der Waals surface area contributed by atoms with Crippen LogP contribution in [0.25, 0.3) is 0 Å². The molecule has 0 aliphatic rings. The summed E-state index contributed by atoms with van der Waals surface area (Å²) in [5, 5.41) is 0.0962. The number of carbonyl (C=O) groups excluding carboxylic acids is 1. The molecule has 2 heteroatoms. The van der Waals surface area contributed by atoms with Crippen molar-refractivity contribution in [1.82, 2.24) is 0 Å². The zero-order chi connectivity index (χ0) is 12.1. The highest BCUT2D eigenvalue weighted by Crippen LogP contribution is 2.22. The highest BCUT2D eigenvalue weighted by molar-refractivity contribution is 8.14. The van der Waals surface area contributed by atoms with Gasteiger partial charge in [-0.2, -0.15) is 0 Å². The van der Waals surface area contributed by atoms with Crippen LogP contribution in [0.4, 0.5) is 0 Å². The van der Waals surface area contributed by atoms with Gasteiger partial charge >= 0.3 is 0 Å². The molecule has 0 saturated carbocycles. The minimum absolute atomic E-state index is 0.0962. The molecule has 2 rings (SSSR count). The molecule has 0 spiro atoms. The van der Waals surface area contributed by atoms with Crippen LogP contribution in [0.15, 0.2) is 59.5 Å². The Morgan fingerprint density at radius 2 is 1.65 bits per heavy atom. The lowest BCUT2D eigenvalue weighted by Crippen LogP contribution is -1.93. The molecule has 0 saturated heterocycles. The summed E-state index contributed by atoms with van der Waals surface area (Å²) < 4.78 is 0. The van der Waals surface area contributed by atoms with Crippen molar-refractivity contribution in [3.05, 3.63) is 65.7 Å². The van der Waals surface area contributed by atoms with Gasteiger partial charge in [-0.1, -0.05) is 49.4 Å². The Kier molecular flexibility index (Phi) is 3.99. The topological polar surface area (TPSA) is 17.1 Å². The molecule has 17 heavy (non-hydrogen) atoms. The Labute approximate surface area is 106 Å². The van der Waals surface area contributed by atoms with Crippen LogP contribution in [0.3, 0.4) is 0 Å². The third-order valence-corrected chi connectivity index (χ3v) is 3.48. The Morgan fingerprint density at radius 3 is 2.24 bits per heavy atom. The minimum Gasteiger partial charge on any atom is -0.281 e. The molecule has 0 atom stereocenters. The van der Waals surface area contributed by atoms with E-state index in [-0.39, 0.29) is 5.12 Å². The van der Waals surface area contributed by atoms with Crippen LogP contribution >= 0.6 is 11.8 Å². The molecule has 1 nitrogen and oxygen atoms in total. The summed E-state index contributed by atoms with van der Waals surface area (Å²) in [5.74, 6) is 0. The first-order chi connectivity index (χ1) is 8.29. The van der Waals surface area contributed by atoms with E-state index in [1.807, 2.05) is 54.6 Å². The van der Waals surface area contributed by atoms with Crippen LogP contribution < -0.4 is 0 Å². The highest BCUT2D eigenvalue weighted by Gasteiger charge is 2.07. The van der Waals surface area contributed by atoms with Crippen molar-refractivity contribution < 1.29 is 4.79 Å². The number of aryl methyl sites for hydroxylation is 1. The lowest BCUT2D eigenvalue weighted by molar-refractivity contribution is 0.108. The van der Waals surface area contributed by atoms with E-state index in [4.69, 9.17) is 0 Å². The molecule has 0 heterocycles. The molecule has 2 aromatic rings. The average molecular weight is 242 g/mol. The second-order valence-corrected chi connectivity index (χ2v) is 4.80. The van der Waals surface area contributed by atoms with E-state index >= 15 is 0 Å². The molecule has 2 aromatic carbocycles. The summed E-state index contributed by atoms with van der Waals surface area (Å²) in [6, 6.07) is 17.5. The molecule has 0 aliphatic carbocycles. The lowest BCUT2D eigenvalue weighted by Gasteiger charge is -2.02. The second-order valence-electron chi connectivity index (χ2n) is 3.75. The number of benzene rings is 2. The molecule has 0 aromatic heterocycles. The smallest absolute Gasteiger partial charge is 0.224 e. The summed E-state index contributed by atoms with van der Waals surface area (Å²) in [6.45, 7) is 2.11. The largest absolute Gasteiger partial charge is 0.281 e. The first-order valence-electron chi connectivity index (χ1n) is 5.66. The number of rotatable bonds is 3. The highest BCUT2D eigenvalue weighted by atomic mass is 32.2. The second kappa shape index (κ2) is 5.69. The van der Waals surface area contributed by atoms with Crippen molar-refractivity contribution in [3.8, 4) is 0 Å².